The van der Waals surface area contributed by atoms with Gasteiger partial charge in [0.2, 0.25) is 17.6 Å². The Morgan fingerprint density at radius 3 is 2.26 bits per heavy atom. The van der Waals surface area contributed by atoms with Gasteiger partial charge in [-0.3, -0.25) is 33.8 Å². The van der Waals surface area contributed by atoms with Crippen LogP contribution in [0, 0.1) is 40.9 Å². The number of likely N-dealkylation sites (tertiary alicyclic amines) is 1. The van der Waals surface area contributed by atoms with Crippen LogP contribution in [0.4, 0.5) is 0 Å². The quantitative estimate of drug-likeness (QED) is 0.190. The van der Waals surface area contributed by atoms with Crippen LogP contribution >= 0.6 is 0 Å². The van der Waals surface area contributed by atoms with E-state index in [0.29, 0.717) is 19.4 Å². The van der Waals surface area contributed by atoms with Gasteiger partial charge in [-0.05, 0) is 61.2 Å². The molecule has 2 amide bonds. The maximum Gasteiger partial charge on any atom is 0.246 e. The summed E-state index contributed by atoms with van der Waals surface area (Å²) in [7, 11) is 0. The summed E-state index contributed by atoms with van der Waals surface area (Å²) < 4.78 is 0. The van der Waals surface area contributed by atoms with Gasteiger partial charge >= 0.3 is 0 Å². The van der Waals surface area contributed by atoms with E-state index in [1.165, 1.54) is 18.6 Å². The van der Waals surface area contributed by atoms with Crippen LogP contribution in [-0.4, -0.2) is 68.4 Å². The van der Waals surface area contributed by atoms with Crippen LogP contribution in [0.5, 0.6) is 0 Å². The Hall–Kier alpha value is -3.30. The number of amides is 2. The summed E-state index contributed by atoms with van der Waals surface area (Å²) in [5.41, 5.74) is -0.507. The SMILES string of the molecule is CCCC(CC(=O)C1[C@H]2CCCC2CN1C(=O)C(NC(=O)[C@H](CC(=O)c1cnccn1)C(C)C)C(C)(C)C)C(=O)C(=O)CC1CCC1. The Morgan fingerprint density at radius 1 is 0.979 bits per heavy atom. The minimum atomic E-state index is -0.936. The number of ketones is 4. The highest BCUT2D eigenvalue weighted by atomic mass is 16.2. The van der Waals surface area contributed by atoms with E-state index in [9.17, 15) is 28.8 Å². The fourth-order valence-electron chi connectivity index (χ4n) is 7.71. The molecule has 10 heteroatoms. The minimum Gasteiger partial charge on any atom is -0.344 e. The molecule has 6 atom stereocenters. The summed E-state index contributed by atoms with van der Waals surface area (Å²) in [6, 6.07) is -1.63. The summed E-state index contributed by atoms with van der Waals surface area (Å²) in [6.45, 7) is 11.7. The van der Waals surface area contributed by atoms with Crippen molar-refractivity contribution in [1.29, 1.82) is 0 Å². The molecule has 3 aliphatic rings. The number of nitrogens with one attached hydrogen (secondary N) is 1. The second-order valence-electron chi connectivity index (χ2n) is 15.6. The van der Waals surface area contributed by atoms with Gasteiger partial charge in [0.05, 0.1) is 12.2 Å². The molecule has 0 spiro atoms. The van der Waals surface area contributed by atoms with Gasteiger partial charge in [-0.1, -0.05) is 60.8 Å². The Labute approximate surface area is 279 Å². The molecule has 0 aromatic carbocycles. The van der Waals surface area contributed by atoms with Gasteiger partial charge in [0.25, 0.3) is 0 Å². The van der Waals surface area contributed by atoms with E-state index in [0.717, 1.165) is 38.5 Å². The Morgan fingerprint density at radius 2 is 1.68 bits per heavy atom. The molecule has 1 aliphatic heterocycles. The number of aromatic nitrogens is 2. The molecular weight excluding hydrogens is 596 g/mol. The molecule has 10 nitrogen and oxygen atoms in total. The van der Waals surface area contributed by atoms with Crippen LogP contribution in [0.15, 0.2) is 18.6 Å². The van der Waals surface area contributed by atoms with E-state index in [1.54, 1.807) is 4.90 Å². The van der Waals surface area contributed by atoms with Crippen LogP contribution in [0.25, 0.3) is 0 Å². The molecule has 1 aromatic rings. The molecule has 1 aromatic heterocycles. The normalized spacial score (nSPS) is 23.0. The number of carbonyl (C=O) groups is 6. The van der Waals surface area contributed by atoms with Gasteiger partial charge in [0, 0.05) is 50.0 Å². The van der Waals surface area contributed by atoms with Gasteiger partial charge in [0.1, 0.15) is 11.7 Å². The largest absolute Gasteiger partial charge is 0.344 e. The summed E-state index contributed by atoms with van der Waals surface area (Å²) in [6.07, 6.45) is 11.3. The minimum absolute atomic E-state index is 0.00107. The maximum absolute atomic E-state index is 14.5. The van der Waals surface area contributed by atoms with Gasteiger partial charge < -0.3 is 10.2 Å². The molecule has 2 saturated carbocycles. The van der Waals surface area contributed by atoms with Crippen molar-refractivity contribution in [2.24, 2.45) is 40.9 Å². The molecule has 1 N–H and O–H groups in total. The van der Waals surface area contributed by atoms with Gasteiger partial charge in [0.15, 0.2) is 17.3 Å². The summed E-state index contributed by atoms with van der Waals surface area (Å²) in [5.74, 6) is -3.10. The van der Waals surface area contributed by atoms with E-state index in [4.69, 9.17) is 0 Å². The van der Waals surface area contributed by atoms with Crippen LogP contribution in [0.2, 0.25) is 0 Å². The molecule has 2 heterocycles. The third-order valence-electron chi connectivity index (χ3n) is 10.7. The lowest BCUT2D eigenvalue weighted by atomic mass is 9.79. The Kier molecular flexibility index (Phi) is 12.2. The molecule has 4 rings (SSSR count). The summed E-state index contributed by atoms with van der Waals surface area (Å²) in [5, 5.41) is 2.99. The zero-order valence-corrected chi connectivity index (χ0v) is 29.1. The van der Waals surface area contributed by atoms with Crippen LogP contribution < -0.4 is 5.32 Å². The standard InChI is InChI=1S/C37H54N4O6/c1-7-10-24(33(45)31(44)17-23-11-8-12-23)18-30(43)32-26-14-9-13-25(26)21-41(32)36(47)34(37(4,5)6)40-35(46)27(22(2)3)19-29(42)28-20-38-15-16-39-28/h15-16,20,22-27,32,34H,7-14,17-19,21H2,1-6H3,(H,40,46)/t24?,25?,26-,27+,32?,34?/m0/s1. The third-order valence-corrected chi connectivity index (χ3v) is 10.7. The van der Waals surface area contributed by atoms with E-state index in [1.807, 2.05) is 41.5 Å². The molecule has 47 heavy (non-hydrogen) atoms. The fourth-order valence-corrected chi connectivity index (χ4v) is 7.71. The van der Waals surface area contributed by atoms with Crippen molar-refractivity contribution in [3.8, 4) is 0 Å². The number of Topliss-reactive ketones (excluding diaryl/α,β-unsaturated/α-hetero) is 4. The number of rotatable bonds is 16. The van der Waals surface area contributed by atoms with E-state index < -0.39 is 41.0 Å². The first-order valence-corrected chi connectivity index (χ1v) is 17.7. The van der Waals surface area contributed by atoms with Crippen LogP contribution in [-0.2, 0) is 24.0 Å². The monoisotopic (exact) mass is 650 g/mol. The number of hydrogen-bond acceptors (Lipinski definition) is 8. The topological polar surface area (TPSA) is 143 Å². The van der Waals surface area contributed by atoms with Crippen molar-refractivity contribution in [3.63, 3.8) is 0 Å². The van der Waals surface area contributed by atoms with Crippen molar-refractivity contribution >= 4 is 34.9 Å². The predicted octanol–water partition coefficient (Wildman–Crippen LogP) is 5.18. The van der Waals surface area contributed by atoms with Crippen molar-refractivity contribution in [3.05, 3.63) is 24.3 Å². The third kappa shape index (κ3) is 8.79. The lowest BCUT2D eigenvalue weighted by Gasteiger charge is -2.37. The van der Waals surface area contributed by atoms with Gasteiger partial charge in [-0.25, -0.2) is 4.98 Å². The van der Waals surface area contributed by atoms with Crippen LogP contribution in [0.1, 0.15) is 123 Å². The first-order chi connectivity index (χ1) is 22.2. The smallest absolute Gasteiger partial charge is 0.246 e. The van der Waals surface area contributed by atoms with Crippen LogP contribution in [0.3, 0.4) is 0 Å². The lowest BCUT2D eigenvalue weighted by molar-refractivity contribution is -0.146. The zero-order chi connectivity index (χ0) is 34.5. The molecule has 3 fully saturated rings. The number of carbonyl (C=O) groups excluding carboxylic acids is 6. The molecule has 2 aliphatic carbocycles. The second kappa shape index (κ2) is 15.7. The fraction of sp³-hybridized carbons (Fsp3) is 0.730. The van der Waals surface area contributed by atoms with Crippen molar-refractivity contribution in [2.45, 2.75) is 124 Å². The number of fused-ring (bicyclic) bond motifs is 1. The highest BCUT2D eigenvalue weighted by Gasteiger charge is 2.52. The average molecular weight is 651 g/mol. The number of hydrogen-bond donors (Lipinski definition) is 1. The predicted molar refractivity (Wildman–Crippen MR) is 177 cm³/mol. The highest BCUT2D eigenvalue weighted by molar-refractivity contribution is 6.38. The first-order valence-electron chi connectivity index (χ1n) is 17.7. The summed E-state index contributed by atoms with van der Waals surface area (Å²) in [4.78, 5) is 91.3. The van der Waals surface area contributed by atoms with Crippen molar-refractivity contribution < 1.29 is 28.8 Å². The first kappa shape index (κ1) is 36.5. The Bertz CT molecular complexity index is 1320. The molecule has 258 valence electrons. The molecule has 4 unspecified atom stereocenters. The molecule has 1 saturated heterocycles. The molecule has 0 radical (unpaired) electrons. The lowest BCUT2D eigenvalue weighted by Crippen LogP contribution is -2.58. The molecule has 0 bridgehead atoms. The van der Waals surface area contributed by atoms with E-state index >= 15 is 0 Å². The van der Waals surface area contributed by atoms with Crippen molar-refractivity contribution in [1.82, 2.24) is 20.2 Å². The average Bonchev–Trinajstić information content (AvgIpc) is 3.60. The van der Waals surface area contributed by atoms with E-state index in [-0.39, 0.29) is 71.9 Å². The second-order valence-corrected chi connectivity index (χ2v) is 15.6. The highest BCUT2D eigenvalue weighted by Crippen LogP contribution is 2.44. The summed E-state index contributed by atoms with van der Waals surface area (Å²) >= 11 is 0. The van der Waals surface area contributed by atoms with Gasteiger partial charge in [-0.15, -0.1) is 0 Å². The Balaban J connectivity index is 1.53. The maximum atomic E-state index is 14.5. The van der Waals surface area contributed by atoms with Crippen molar-refractivity contribution in [2.75, 3.05) is 6.54 Å². The molecular formula is C37H54N4O6. The number of nitrogens with zero attached hydrogens (tertiary/aromatic N) is 3. The van der Waals surface area contributed by atoms with E-state index in [2.05, 4.69) is 15.3 Å². The van der Waals surface area contributed by atoms with Gasteiger partial charge in [-0.2, -0.15) is 0 Å². The zero-order valence-electron chi connectivity index (χ0n) is 29.1.